The van der Waals surface area contributed by atoms with Crippen LogP contribution in [0.3, 0.4) is 0 Å². The number of nitrogens with one attached hydrogen (secondary N) is 1. The zero-order chi connectivity index (χ0) is 33.0. The van der Waals surface area contributed by atoms with Gasteiger partial charge in [-0.15, -0.1) is 13.2 Å². The molecule has 7 atom stereocenters. The largest absolute Gasteiger partial charge is 0.463 e. The van der Waals surface area contributed by atoms with Gasteiger partial charge < -0.3 is 29.7 Å². The molecule has 10 nitrogen and oxygen atoms in total. The van der Waals surface area contributed by atoms with Gasteiger partial charge in [0.1, 0.15) is 18.2 Å². The number of rotatable bonds is 14. The first-order valence-electron chi connectivity index (χ1n) is 15.6. The number of carbonyl (C=O) groups excluding carboxylic acids is 4. The second kappa shape index (κ2) is 14.2. The summed E-state index contributed by atoms with van der Waals surface area (Å²) in [5, 5.41) is 13.6. The van der Waals surface area contributed by atoms with Crippen molar-refractivity contribution in [3.8, 4) is 0 Å². The number of hydrogen-bond acceptors (Lipinski definition) is 7. The van der Waals surface area contributed by atoms with Gasteiger partial charge in [0.2, 0.25) is 11.8 Å². The molecule has 1 spiro atoms. The van der Waals surface area contributed by atoms with Crippen molar-refractivity contribution in [1.82, 2.24) is 10.2 Å². The fourth-order valence-electron chi connectivity index (χ4n) is 7.13. The van der Waals surface area contributed by atoms with Crippen molar-refractivity contribution in [2.45, 2.75) is 62.4 Å². The van der Waals surface area contributed by atoms with Crippen LogP contribution < -0.4 is 10.2 Å². The Morgan fingerprint density at radius 3 is 2.57 bits per heavy atom. The topological polar surface area (TPSA) is 125 Å². The van der Waals surface area contributed by atoms with Crippen molar-refractivity contribution < 1.29 is 33.8 Å². The van der Waals surface area contributed by atoms with Gasteiger partial charge in [-0.25, -0.2) is 0 Å². The number of fused-ring (bicyclic) bond motifs is 1. The quantitative estimate of drug-likeness (QED) is 0.234. The van der Waals surface area contributed by atoms with Gasteiger partial charge in [-0.3, -0.25) is 19.2 Å². The molecule has 2 aromatic carbocycles. The molecule has 0 saturated carbocycles. The molecule has 2 N–H and O–H groups in total. The van der Waals surface area contributed by atoms with Gasteiger partial charge in [-0.2, -0.15) is 0 Å². The molecule has 3 saturated heterocycles. The lowest BCUT2D eigenvalue weighted by molar-refractivity contribution is -0.146. The summed E-state index contributed by atoms with van der Waals surface area (Å²) in [7, 11) is 0. The second-order valence-electron chi connectivity index (χ2n) is 12.0. The van der Waals surface area contributed by atoms with E-state index in [1.165, 1.54) is 9.80 Å². The second-order valence-corrected chi connectivity index (χ2v) is 12.4. The molecule has 46 heavy (non-hydrogen) atoms. The van der Waals surface area contributed by atoms with Crippen LogP contribution in [0.15, 0.2) is 79.9 Å². The molecule has 0 aliphatic carbocycles. The number of anilines is 1. The van der Waals surface area contributed by atoms with E-state index in [0.717, 1.165) is 5.56 Å². The van der Waals surface area contributed by atoms with Crippen LogP contribution >= 0.6 is 11.6 Å². The minimum atomic E-state index is -1.29. The molecular formula is C35H40ClN3O7. The summed E-state index contributed by atoms with van der Waals surface area (Å²) in [6.45, 7) is 8.73. The highest BCUT2D eigenvalue weighted by molar-refractivity contribution is 6.34. The molecule has 5 rings (SSSR count). The molecule has 0 unspecified atom stereocenters. The number of ether oxygens (including phenoxy) is 2. The number of likely N-dealkylation sites (tertiary alicyclic amines) is 1. The van der Waals surface area contributed by atoms with Crippen LogP contribution in [0.2, 0.25) is 5.02 Å². The van der Waals surface area contributed by atoms with E-state index in [1.807, 2.05) is 30.3 Å². The van der Waals surface area contributed by atoms with Crippen molar-refractivity contribution in [2.24, 2.45) is 11.8 Å². The van der Waals surface area contributed by atoms with Gasteiger partial charge in [0.05, 0.1) is 47.3 Å². The smallest absolute Gasteiger partial charge is 0.306 e. The highest BCUT2D eigenvalue weighted by Crippen LogP contribution is 2.59. The summed E-state index contributed by atoms with van der Waals surface area (Å²) in [4.78, 5) is 58.2. The summed E-state index contributed by atoms with van der Waals surface area (Å²) in [5.41, 5.74) is -0.106. The van der Waals surface area contributed by atoms with Crippen molar-refractivity contribution >= 4 is 41.0 Å². The highest BCUT2D eigenvalue weighted by atomic mass is 35.5. The molecule has 3 amide bonds. The number of halogens is 1. The average molecular weight is 650 g/mol. The van der Waals surface area contributed by atoms with E-state index < -0.39 is 65.4 Å². The first-order valence-corrected chi connectivity index (χ1v) is 16.0. The first-order chi connectivity index (χ1) is 22.2. The molecule has 11 heteroatoms. The molecule has 0 radical (unpaired) electrons. The van der Waals surface area contributed by atoms with Crippen LogP contribution in [-0.2, 0) is 28.7 Å². The normalized spacial score (nSPS) is 25.8. The number of carbonyl (C=O) groups is 4. The molecule has 2 aromatic rings. The van der Waals surface area contributed by atoms with Crippen LogP contribution in [0.25, 0.3) is 0 Å². The lowest BCUT2D eigenvalue weighted by Gasteiger charge is -2.38. The molecule has 244 valence electrons. The third kappa shape index (κ3) is 6.09. The predicted octanol–water partition coefficient (Wildman–Crippen LogP) is 3.98. The fourth-order valence-corrected chi connectivity index (χ4v) is 7.37. The van der Waals surface area contributed by atoms with Gasteiger partial charge in [0.15, 0.2) is 0 Å². The van der Waals surface area contributed by atoms with Gasteiger partial charge >= 0.3 is 5.97 Å². The van der Waals surface area contributed by atoms with Crippen molar-refractivity contribution in [3.05, 3.63) is 90.5 Å². The van der Waals surface area contributed by atoms with Crippen molar-refractivity contribution in [2.75, 3.05) is 24.7 Å². The highest BCUT2D eigenvalue weighted by Gasteiger charge is 2.75. The summed E-state index contributed by atoms with van der Waals surface area (Å²) in [6, 6.07) is 13.5. The van der Waals surface area contributed by atoms with Crippen LogP contribution in [0.5, 0.6) is 0 Å². The maximum absolute atomic E-state index is 14.6. The number of amides is 3. The van der Waals surface area contributed by atoms with Crippen molar-refractivity contribution in [1.29, 1.82) is 0 Å². The SMILES string of the molecule is C=CCCC(=O)OC[C@@H](NC(=O)[C@@H]1[C@H]2C(=O)N([C@H](C)CO)[C@H](C(=O)N(CC=C)c3ccccc3Cl)[C@]23CC[C@H]1O3)c1ccccc1. The molecule has 3 aliphatic rings. The Hall–Kier alpha value is -3.99. The summed E-state index contributed by atoms with van der Waals surface area (Å²) < 4.78 is 12.1. The van der Waals surface area contributed by atoms with Gasteiger partial charge in [-0.05, 0) is 43.9 Å². The molecule has 0 aromatic heterocycles. The van der Waals surface area contributed by atoms with Crippen LogP contribution in [0.1, 0.15) is 44.2 Å². The van der Waals surface area contributed by atoms with Gasteiger partial charge in [-0.1, -0.05) is 66.2 Å². The van der Waals surface area contributed by atoms with E-state index in [-0.39, 0.29) is 26.2 Å². The van der Waals surface area contributed by atoms with E-state index in [1.54, 1.807) is 43.3 Å². The number of allylic oxidation sites excluding steroid dienone is 1. The zero-order valence-corrected chi connectivity index (χ0v) is 26.6. The number of benzene rings is 2. The summed E-state index contributed by atoms with van der Waals surface area (Å²) >= 11 is 6.51. The number of hydrogen-bond donors (Lipinski definition) is 2. The van der Waals surface area contributed by atoms with E-state index in [2.05, 4.69) is 18.5 Å². The van der Waals surface area contributed by atoms with Gasteiger partial charge in [0, 0.05) is 13.0 Å². The Bertz CT molecular complexity index is 1490. The van der Waals surface area contributed by atoms with Gasteiger partial charge in [0.25, 0.3) is 5.91 Å². The molecular weight excluding hydrogens is 610 g/mol. The number of para-hydroxylation sites is 1. The first kappa shape index (κ1) is 33.4. The van der Waals surface area contributed by atoms with Crippen molar-refractivity contribution in [3.63, 3.8) is 0 Å². The van der Waals surface area contributed by atoms with Crippen LogP contribution in [-0.4, -0.2) is 77.2 Å². The monoisotopic (exact) mass is 649 g/mol. The number of nitrogens with zero attached hydrogens (tertiary/aromatic N) is 2. The minimum absolute atomic E-state index is 0.100. The Kier molecular flexibility index (Phi) is 10.3. The standard InChI is InChI=1S/C35H40ClN3O7/c1-4-6-16-28(41)45-21-25(23-12-8-7-9-13-23)37-32(42)29-27-17-18-35(46-27)30(29)33(43)39(22(3)20-40)31(35)34(44)38(19-5-2)26-15-11-10-14-24(26)36/h4-5,7-15,22,25,27,29-31,40H,1-2,6,16-21H2,3H3,(H,37,42)/t22-,25-,27-,29+,30+,31-,35+/m1/s1. The predicted molar refractivity (Wildman–Crippen MR) is 173 cm³/mol. The maximum atomic E-state index is 14.6. The summed E-state index contributed by atoms with van der Waals surface area (Å²) in [6.07, 6.45) is 4.09. The molecule has 3 aliphatic heterocycles. The van der Waals surface area contributed by atoms with E-state index in [4.69, 9.17) is 21.1 Å². The van der Waals surface area contributed by atoms with Crippen LogP contribution in [0.4, 0.5) is 5.69 Å². The van der Waals surface area contributed by atoms with Crippen LogP contribution in [0, 0.1) is 11.8 Å². The molecule has 3 fully saturated rings. The lowest BCUT2D eigenvalue weighted by atomic mass is 9.70. The van der Waals surface area contributed by atoms with E-state index in [0.29, 0.717) is 30.0 Å². The number of esters is 1. The zero-order valence-electron chi connectivity index (χ0n) is 25.8. The third-order valence-electron chi connectivity index (χ3n) is 9.22. The van der Waals surface area contributed by atoms with E-state index in [9.17, 15) is 24.3 Å². The Morgan fingerprint density at radius 1 is 1.17 bits per heavy atom. The maximum Gasteiger partial charge on any atom is 0.306 e. The molecule has 3 heterocycles. The third-order valence-corrected chi connectivity index (χ3v) is 9.54. The Balaban J connectivity index is 1.47. The van der Waals surface area contributed by atoms with E-state index >= 15 is 0 Å². The Labute approximate surface area is 274 Å². The molecule has 2 bridgehead atoms. The fraction of sp³-hybridized carbons (Fsp3) is 0.429. The average Bonchev–Trinajstić information content (AvgIpc) is 3.72. The minimum Gasteiger partial charge on any atom is -0.463 e. The Morgan fingerprint density at radius 2 is 1.89 bits per heavy atom. The lowest BCUT2D eigenvalue weighted by Crippen LogP contribution is -2.58. The number of aliphatic hydroxyl groups excluding tert-OH is 1. The summed E-state index contributed by atoms with van der Waals surface area (Å²) in [5.74, 6) is -3.56. The number of aliphatic hydroxyl groups is 1.